The molecule has 0 atom stereocenters. The van der Waals surface area contributed by atoms with Gasteiger partial charge < -0.3 is 9.72 Å². The summed E-state index contributed by atoms with van der Waals surface area (Å²) in [5.41, 5.74) is 1.81. The number of fused-ring (bicyclic) bond motifs is 3. The second kappa shape index (κ2) is 5.05. The monoisotopic (exact) mass is 281 g/mol. The number of methoxy groups -OCH3 is 1. The first-order chi connectivity index (χ1) is 10.2. The largest absolute Gasteiger partial charge is 0.465 e. The van der Waals surface area contributed by atoms with Gasteiger partial charge in [-0.3, -0.25) is 4.79 Å². The number of hydrogen-bond acceptors (Lipinski definition) is 3. The van der Waals surface area contributed by atoms with Crippen LogP contribution in [0.5, 0.6) is 0 Å². The van der Waals surface area contributed by atoms with Crippen LogP contribution < -0.4 is 5.56 Å². The average Bonchev–Trinajstić information content (AvgIpc) is 2.53. The molecular formula is C17H15NO3. The third-order valence-corrected chi connectivity index (χ3v) is 3.74. The molecule has 3 aromatic rings. The molecule has 4 heteroatoms. The lowest BCUT2D eigenvalue weighted by Crippen LogP contribution is -2.10. The Morgan fingerprint density at radius 1 is 1.14 bits per heavy atom. The van der Waals surface area contributed by atoms with Crippen LogP contribution in [0.3, 0.4) is 0 Å². The van der Waals surface area contributed by atoms with Crippen LogP contribution in [-0.4, -0.2) is 18.1 Å². The van der Waals surface area contributed by atoms with Crippen LogP contribution >= 0.6 is 0 Å². The molecule has 106 valence electrons. The van der Waals surface area contributed by atoms with Gasteiger partial charge in [0.2, 0.25) is 0 Å². The van der Waals surface area contributed by atoms with E-state index >= 15 is 0 Å². The summed E-state index contributed by atoms with van der Waals surface area (Å²) in [6.45, 7) is 2.05. The summed E-state index contributed by atoms with van der Waals surface area (Å²) in [5.74, 6) is -0.458. The zero-order valence-electron chi connectivity index (χ0n) is 11.9. The Kier molecular flexibility index (Phi) is 3.22. The summed E-state index contributed by atoms with van der Waals surface area (Å²) in [6, 6.07) is 11.2. The molecule has 0 spiro atoms. The molecule has 4 nitrogen and oxygen atoms in total. The van der Waals surface area contributed by atoms with Crippen molar-refractivity contribution in [3.8, 4) is 0 Å². The highest BCUT2D eigenvalue weighted by molar-refractivity contribution is 6.12. The highest BCUT2D eigenvalue weighted by Gasteiger charge is 2.13. The number of para-hydroxylation sites is 1. The van der Waals surface area contributed by atoms with Crippen molar-refractivity contribution < 1.29 is 9.53 Å². The number of hydrogen-bond donors (Lipinski definition) is 1. The predicted molar refractivity (Wildman–Crippen MR) is 82.8 cm³/mol. The van der Waals surface area contributed by atoms with Crippen LogP contribution in [-0.2, 0) is 11.2 Å². The average molecular weight is 281 g/mol. The minimum absolute atomic E-state index is 0.191. The summed E-state index contributed by atoms with van der Waals surface area (Å²) in [5, 5.41) is 2.33. The molecule has 1 aromatic heterocycles. The fraction of sp³-hybridized carbons (Fsp3) is 0.176. The Labute approximate surface area is 121 Å². The van der Waals surface area contributed by atoms with Crippen molar-refractivity contribution in [1.82, 2.24) is 4.98 Å². The molecule has 0 aliphatic rings. The number of esters is 1. The number of aromatic nitrogens is 1. The smallest absolute Gasteiger partial charge is 0.339 e. The maximum atomic E-state index is 12.3. The number of benzene rings is 2. The molecule has 0 saturated carbocycles. The van der Waals surface area contributed by atoms with Crippen LogP contribution in [0.2, 0.25) is 0 Å². The van der Waals surface area contributed by atoms with Crippen molar-refractivity contribution in [2.45, 2.75) is 13.3 Å². The molecule has 0 radical (unpaired) electrons. The molecule has 21 heavy (non-hydrogen) atoms. The molecule has 1 heterocycles. The topological polar surface area (TPSA) is 59.2 Å². The second-order valence-electron chi connectivity index (χ2n) is 4.91. The van der Waals surface area contributed by atoms with E-state index in [-0.39, 0.29) is 5.56 Å². The Morgan fingerprint density at radius 3 is 2.67 bits per heavy atom. The van der Waals surface area contributed by atoms with Gasteiger partial charge in [-0.2, -0.15) is 0 Å². The highest BCUT2D eigenvalue weighted by atomic mass is 16.5. The van der Waals surface area contributed by atoms with Gasteiger partial charge in [-0.05, 0) is 29.5 Å². The summed E-state index contributed by atoms with van der Waals surface area (Å²) >= 11 is 0. The minimum atomic E-state index is -0.458. The van der Waals surface area contributed by atoms with Crippen LogP contribution in [0, 0.1) is 0 Å². The molecule has 0 aliphatic heterocycles. The summed E-state index contributed by atoms with van der Waals surface area (Å²) in [7, 11) is 1.33. The lowest BCUT2D eigenvalue weighted by molar-refractivity contribution is 0.0603. The Morgan fingerprint density at radius 2 is 1.95 bits per heavy atom. The number of aryl methyl sites for hydroxylation is 1. The van der Waals surface area contributed by atoms with E-state index in [0.29, 0.717) is 16.5 Å². The molecule has 0 bridgehead atoms. The van der Waals surface area contributed by atoms with Crippen molar-refractivity contribution >= 4 is 27.6 Å². The molecule has 0 fully saturated rings. The van der Waals surface area contributed by atoms with Gasteiger partial charge in [0.15, 0.2) is 0 Å². The van der Waals surface area contributed by atoms with Crippen molar-refractivity contribution in [3.05, 3.63) is 57.9 Å². The Hall–Kier alpha value is -2.62. The summed E-state index contributed by atoms with van der Waals surface area (Å²) in [6.07, 6.45) is 0.871. The van der Waals surface area contributed by atoms with Gasteiger partial charge in [0, 0.05) is 10.8 Å². The lowest BCUT2D eigenvalue weighted by Gasteiger charge is -2.08. The third-order valence-electron chi connectivity index (χ3n) is 3.74. The first-order valence-corrected chi connectivity index (χ1v) is 6.81. The van der Waals surface area contributed by atoms with Gasteiger partial charge in [-0.15, -0.1) is 0 Å². The minimum Gasteiger partial charge on any atom is -0.465 e. The van der Waals surface area contributed by atoms with E-state index in [9.17, 15) is 9.59 Å². The predicted octanol–water partition coefficient (Wildman–Crippen LogP) is 3.03. The van der Waals surface area contributed by atoms with Crippen LogP contribution in [0.1, 0.15) is 22.8 Å². The van der Waals surface area contributed by atoms with Gasteiger partial charge in [0.25, 0.3) is 5.56 Å². The van der Waals surface area contributed by atoms with Gasteiger partial charge >= 0.3 is 5.97 Å². The molecule has 0 aliphatic carbocycles. The standard InChI is InChI=1S/C17H15NO3/c1-3-10-7-8-11-12-5-4-6-13(17(20)21-2)15(12)18-16(19)14(11)9-10/h4-9H,3H2,1-2H3,(H,18,19). The highest BCUT2D eigenvalue weighted by Crippen LogP contribution is 2.25. The molecule has 2 aromatic carbocycles. The molecule has 0 unspecified atom stereocenters. The maximum absolute atomic E-state index is 12.3. The van der Waals surface area contributed by atoms with E-state index in [1.54, 1.807) is 12.1 Å². The van der Waals surface area contributed by atoms with Crippen molar-refractivity contribution in [2.75, 3.05) is 7.11 Å². The third kappa shape index (κ3) is 2.09. The number of carbonyl (C=O) groups is 1. The first-order valence-electron chi connectivity index (χ1n) is 6.81. The Balaban J connectivity index is 2.46. The fourth-order valence-electron chi connectivity index (χ4n) is 2.61. The number of ether oxygens (including phenoxy) is 1. The number of carbonyl (C=O) groups excluding carboxylic acids is 1. The fourth-order valence-corrected chi connectivity index (χ4v) is 2.61. The maximum Gasteiger partial charge on any atom is 0.339 e. The second-order valence-corrected chi connectivity index (χ2v) is 4.91. The van der Waals surface area contributed by atoms with E-state index in [0.717, 1.165) is 22.8 Å². The van der Waals surface area contributed by atoms with Crippen LogP contribution in [0.4, 0.5) is 0 Å². The number of aromatic amines is 1. The van der Waals surface area contributed by atoms with Crippen LogP contribution in [0.15, 0.2) is 41.2 Å². The van der Waals surface area contributed by atoms with Gasteiger partial charge in [-0.25, -0.2) is 4.79 Å². The van der Waals surface area contributed by atoms with Crippen LogP contribution in [0.25, 0.3) is 21.7 Å². The number of rotatable bonds is 2. The summed E-state index contributed by atoms with van der Waals surface area (Å²) < 4.78 is 4.77. The normalized spacial score (nSPS) is 11.0. The molecule has 1 N–H and O–H groups in total. The van der Waals surface area contributed by atoms with Gasteiger partial charge in [-0.1, -0.05) is 31.2 Å². The molecule has 3 rings (SSSR count). The van der Waals surface area contributed by atoms with Crippen molar-refractivity contribution in [3.63, 3.8) is 0 Å². The molecule has 0 saturated heterocycles. The van der Waals surface area contributed by atoms with E-state index < -0.39 is 5.97 Å². The Bertz CT molecular complexity index is 909. The summed E-state index contributed by atoms with van der Waals surface area (Å²) in [4.78, 5) is 27.0. The zero-order chi connectivity index (χ0) is 15.0. The number of H-pyrrole nitrogens is 1. The van der Waals surface area contributed by atoms with E-state index in [4.69, 9.17) is 4.74 Å². The van der Waals surface area contributed by atoms with E-state index in [2.05, 4.69) is 4.98 Å². The molecule has 0 amide bonds. The van der Waals surface area contributed by atoms with Crippen molar-refractivity contribution in [2.24, 2.45) is 0 Å². The first kappa shape index (κ1) is 13.4. The van der Waals surface area contributed by atoms with Gasteiger partial charge in [0.1, 0.15) is 0 Å². The molecular weight excluding hydrogens is 266 g/mol. The number of pyridine rings is 1. The van der Waals surface area contributed by atoms with Crippen molar-refractivity contribution in [1.29, 1.82) is 0 Å². The van der Waals surface area contributed by atoms with E-state index in [1.165, 1.54) is 7.11 Å². The quantitative estimate of drug-likeness (QED) is 0.580. The number of nitrogens with one attached hydrogen (secondary N) is 1. The van der Waals surface area contributed by atoms with Gasteiger partial charge in [0.05, 0.1) is 18.2 Å². The SMILES string of the molecule is CCc1ccc2c(c1)c(=O)[nH]c1c(C(=O)OC)cccc12. The lowest BCUT2D eigenvalue weighted by atomic mass is 10.0. The van der Waals surface area contributed by atoms with E-state index in [1.807, 2.05) is 31.2 Å². The zero-order valence-corrected chi connectivity index (χ0v) is 11.9.